The summed E-state index contributed by atoms with van der Waals surface area (Å²) >= 11 is 0. The maximum atomic E-state index is 11.5. The molecule has 2 unspecified atom stereocenters. The molecule has 0 amide bonds. The standard InChI is InChI=1S/C14H23NO3/c16-13(17)14(15-11-3-4-11)7-5-12(9-14)18-8-6-10-1-2-10/h10-12,15H,1-9H2,(H,16,17). The molecule has 2 N–H and O–H groups in total. The van der Waals surface area contributed by atoms with E-state index >= 15 is 0 Å². The molecule has 0 radical (unpaired) electrons. The van der Waals surface area contributed by atoms with Crippen LogP contribution in [0.2, 0.25) is 0 Å². The second-order valence-electron chi connectivity index (χ2n) is 6.27. The van der Waals surface area contributed by atoms with Crippen molar-refractivity contribution in [1.29, 1.82) is 0 Å². The zero-order valence-corrected chi connectivity index (χ0v) is 10.9. The van der Waals surface area contributed by atoms with Crippen molar-refractivity contribution in [1.82, 2.24) is 5.32 Å². The maximum absolute atomic E-state index is 11.5. The maximum Gasteiger partial charge on any atom is 0.324 e. The van der Waals surface area contributed by atoms with E-state index in [-0.39, 0.29) is 6.10 Å². The van der Waals surface area contributed by atoms with E-state index in [1.165, 1.54) is 12.8 Å². The normalized spacial score (nSPS) is 35.9. The Kier molecular flexibility index (Phi) is 3.32. The molecule has 18 heavy (non-hydrogen) atoms. The van der Waals surface area contributed by atoms with Crippen LogP contribution in [0.4, 0.5) is 0 Å². The SMILES string of the molecule is O=C(O)C1(NC2CC2)CCC(OCCC2CC2)C1. The number of hydrogen-bond acceptors (Lipinski definition) is 3. The van der Waals surface area contributed by atoms with E-state index in [0.29, 0.717) is 18.9 Å². The van der Waals surface area contributed by atoms with Crippen molar-refractivity contribution < 1.29 is 14.6 Å². The summed E-state index contributed by atoms with van der Waals surface area (Å²) in [6.45, 7) is 0.814. The summed E-state index contributed by atoms with van der Waals surface area (Å²) in [4.78, 5) is 11.5. The highest BCUT2D eigenvalue weighted by Crippen LogP contribution is 2.37. The fourth-order valence-corrected chi connectivity index (χ4v) is 2.96. The van der Waals surface area contributed by atoms with E-state index in [1.807, 2.05) is 0 Å². The summed E-state index contributed by atoms with van der Waals surface area (Å²) in [5, 5.41) is 12.8. The van der Waals surface area contributed by atoms with Gasteiger partial charge in [-0.15, -0.1) is 0 Å². The van der Waals surface area contributed by atoms with E-state index in [1.54, 1.807) is 0 Å². The Labute approximate surface area is 108 Å². The van der Waals surface area contributed by atoms with Crippen LogP contribution in [-0.2, 0) is 9.53 Å². The van der Waals surface area contributed by atoms with Crippen molar-refractivity contribution in [3.05, 3.63) is 0 Å². The molecule has 4 nitrogen and oxygen atoms in total. The lowest BCUT2D eigenvalue weighted by molar-refractivity contribution is -0.145. The van der Waals surface area contributed by atoms with Crippen LogP contribution < -0.4 is 5.32 Å². The third kappa shape index (κ3) is 2.86. The zero-order valence-electron chi connectivity index (χ0n) is 10.9. The van der Waals surface area contributed by atoms with Crippen molar-refractivity contribution in [3.63, 3.8) is 0 Å². The zero-order chi connectivity index (χ0) is 12.6. The van der Waals surface area contributed by atoms with Crippen molar-refractivity contribution in [2.75, 3.05) is 6.61 Å². The largest absolute Gasteiger partial charge is 0.480 e. The lowest BCUT2D eigenvalue weighted by Gasteiger charge is -2.26. The van der Waals surface area contributed by atoms with Crippen LogP contribution in [0.3, 0.4) is 0 Å². The Morgan fingerprint density at radius 2 is 2.06 bits per heavy atom. The first-order chi connectivity index (χ1) is 8.68. The average molecular weight is 253 g/mol. The Morgan fingerprint density at radius 1 is 1.28 bits per heavy atom. The monoisotopic (exact) mass is 253 g/mol. The number of nitrogens with one attached hydrogen (secondary N) is 1. The molecule has 3 saturated carbocycles. The molecule has 3 rings (SSSR count). The number of hydrogen-bond donors (Lipinski definition) is 2. The molecular weight excluding hydrogens is 230 g/mol. The molecule has 0 aromatic heterocycles. The lowest BCUT2D eigenvalue weighted by Crippen LogP contribution is -2.51. The molecule has 102 valence electrons. The third-order valence-electron chi connectivity index (χ3n) is 4.51. The van der Waals surface area contributed by atoms with Gasteiger partial charge in [0.1, 0.15) is 5.54 Å². The first kappa shape index (κ1) is 12.4. The van der Waals surface area contributed by atoms with E-state index in [4.69, 9.17) is 4.74 Å². The van der Waals surface area contributed by atoms with Crippen LogP contribution in [0.1, 0.15) is 51.4 Å². The third-order valence-corrected chi connectivity index (χ3v) is 4.51. The van der Waals surface area contributed by atoms with Crippen LogP contribution in [0.25, 0.3) is 0 Å². The molecule has 2 atom stereocenters. The quantitative estimate of drug-likeness (QED) is 0.728. The van der Waals surface area contributed by atoms with Gasteiger partial charge in [-0.3, -0.25) is 10.1 Å². The highest BCUT2D eigenvalue weighted by molar-refractivity contribution is 5.79. The van der Waals surface area contributed by atoms with E-state index in [9.17, 15) is 9.90 Å². The van der Waals surface area contributed by atoms with Crippen molar-refractivity contribution in [2.45, 2.75) is 69.1 Å². The Hall–Kier alpha value is -0.610. The number of carboxylic acid groups (broad SMARTS) is 1. The number of rotatable bonds is 7. The molecule has 0 aromatic carbocycles. The fraction of sp³-hybridized carbons (Fsp3) is 0.929. The Morgan fingerprint density at radius 3 is 2.67 bits per heavy atom. The van der Waals surface area contributed by atoms with Gasteiger partial charge in [0.2, 0.25) is 0 Å². The first-order valence-electron chi connectivity index (χ1n) is 7.31. The Bertz CT molecular complexity index is 325. The predicted molar refractivity (Wildman–Crippen MR) is 67.5 cm³/mol. The molecule has 0 aromatic rings. The predicted octanol–water partition coefficient (Wildman–Crippen LogP) is 1.93. The van der Waals surface area contributed by atoms with Gasteiger partial charge in [-0.1, -0.05) is 12.8 Å². The van der Waals surface area contributed by atoms with Gasteiger partial charge in [0.25, 0.3) is 0 Å². The van der Waals surface area contributed by atoms with Crippen LogP contribution in [0, 0.1) is 5.92 Å². The van der Waals surface area contributed by atoms with Gasteiger partial charge in [0.05, 0.1) is 6.10 Å². The van der Waals surface area contributed by atoms with Gasteiger partial charge in [-0.2, -0.15) is 0 Å². The molecule has 3 aliphatic carbocycles. The second-order valence-corrected chi connectivity index (χ2v) is 6.27. The van der Waals surface area contributed by atoms with E-state index in [2.05, 4.69) is 5.32 Å². The molecule has 0 saturated heterocycles. The summed E-state index contributed by atoms with van der Waals surface area (Å²) in [5.41, 5.74) is -0.703. The average Bonchev–Trinajstić information content (AvgIpc) is 3.22. The molecule has 3 fully saturated rings. The molecule has 0 bridgehead atoms. The van der Waals surface area contributed by atoms with Crippen molar-refractivity contribution in [3.8, 4) is 0 Å². The number of aliphatic carboxylic acids is 1. The minimum Gasteiger partial charge on any atom is -0.480 e. The highest BCUT2D eigenvalue weighted by atomic mass is 16.5. The summed E-state index contributed by atoms with van der Waals surface area (Å²) in [5.74, 6) is 0.197. The number of ether oxygens (including phenoxy) is 1. The summed E-state index contributed by atoms with van der Waals surface area (Å²) in [7, 11) is 0. The lowest BCUT2D eigenvalue weighted by atomic mass is 9.97. The second kappa shape index (κ2) is 4.82. The van der Waals surface area contributed by atoms with Gasteiger partial charge >= 0.3 is 5.97 Å². The highest BCUT2D eigenvalue weighted by Gasteiger charge is 2.48. The molecule has 0 heterocycles. The van der Waals surface area contributed by atoms with Gasteiger partial charge in [-0.25, -0.2) is 0 Å². The first-order valence-corrected chi connectivity index (χ1v) is 7.31. The van der Waals surface area contributed by atoms with Gasteiger partial charge < -0.3 is 9.84 Å². The Balaban J connectivity index is 1.48. The smallest absolute Gasteiger partial charge is 0.324 e. The van der Waals surface area contributed by atoms with Crippen LogP contribution in [0.15, 0.2) is 0 Å². The minimum atomic E-state index is -0.703. The van der Waals surface area contributed by atoms with Crippen LogP contribution >= 0.6 is 0 Å². The number of carbonyl (C=O) groups is 1. The molecule has 0 spiro atoms. The summed E-state index contributed by atoms with van der Waals surface area (Å²) in [6, 6.07) is 0.436. The molecular formula is C14H23NO3. The fourth-order valence-electron chi connectivity index (χ4n) is 2.96. The summed E-state index contributed by atoms with van der Waals surface area (Å²) in [6.07, 6.45) is 8.52. The van der Waals surface area contributed by atoms with Gasteiger partial charge in [0, 0.05) is 19.1 Å². The van der Waals surface area contributed by atoms with Crippen molar-refractivity contribution >= 4 is 5.97 Å². The van der Waals surface area contributed by atoms with Crippen LogP contribution in [-0.4, -0.2) is 35.4 Å². The molecule has 4 heteroatoms. The summed E-state index contributed by atoms with van der Waals surface area (Å²) < 4.78 is 5.86. The molecule has 0 aliphatic heterocycles. The van der Waals surface area contributed by atoms with Gasteiger partial charge in [-0.05, 0) is 38.0 Å². The molecule has 3 aliphatic rings. The van der Waals surface area contributed by atoms with Crippen molar-refractivity contribution in [2.24, 2.45) is 5.92 Å². The van der Waals surface area contributed by atoms with Gasteiger partial charge in [0.15, 0.2) is 0 Å². The topological polar surface area (TPSA) is 58.6 Å². The van der Waals surface area contributed by atoms with E-state index < -0.39 is 11.5 Å². The van der Waals surface area contributed by atoms with E-state index in [0.717, 1.165) is 38.2 Å². The number of carboxylic acids is 1. The minimum absolute atomic E-state index is 0.145. The van der Waals surface area contributed by atoms with Crippen LogP contribution in [0.5, 0.6) is 0 Å².